The molecule has 1 aliphatic heterocycles. The highest BCUT2D eigenvalue weighted by atomic mass is 16.5. The highest BCUT2D eigenvalue weighted by Gasteiger charge is 2.19. The fraction of sp³-hybridized carbons (Fsp3) is 1.00. The molecule has 1 aliphatic rings. The standard InChI is InChI=1S/C13H28N2O/c1-4-16-12-5-8-15(9-6-12)10-7-13(14)11(2)3/h11-13H,4-10,14H2,1-3H3. The van der Waals surface area contributed by atoms with Crippen LogP contribution in [0.4, 0.5) is 0 Å². The van der Waals surface area contributed by atoms with Gasteiger partial charge in [-0.3, -0.25) is 0 Å². The number of nitrogens with zero attached hydrogens (tertiary/aromatic N) is 1. The Bertz CT molecular complexity index is 177. The van der Waals surface area contributed by atoms with Gasteiger partial charge in [-0.25, -0.2) is 0 Å². The average Bonchev–Trinajstić information content (AvgIpc) is 2.28. The van der Waals surface area contributed by atoms with Crippen LogP contribution >= 0.6 is 0 Å². The third-order valence-corrected chi connectivity index (χ3v) is 3.57. The average molecular weight is 228 g/mol. The highest BCUT2D eigenvalue weighted by Crippen LogP contribution is 2.14. The fourth-order valence-electron chi connectivity index (χ4n) is 2.20. The van der Waals surface area contributed by atoms with Crippen molar-refractivity contribution in [3.05, 3.63) is 0 Å². The third kappa shape index (κ3) is 4.81. The Balaban J connectivity index is 2.12. The van der Waals surface area contributed by atoms with Crippen LogP contribution in [0.1, 0.15) is 40.0 Å². The van der Waals surface area contributed by atoms with Gasteiger partial charge in [0.15, 0.2) is 0 Å². The molecule has 2 N–H and O–H groups in total. The van der Waals surface area contributed by atoms with Crippen molar-refractivity contribution in [1.29, 1.82) is 0 Å². The van der Waals surface area contributed by atoms with Crippen LogP contribution in [0.25, 0.3) is 0 Å². The van der Waals surface area contributed by atoms with Gasteiger partial charge >= 0.3 is 0 Å². The van der Waals surface area contributed by atoms with Gasteiger partial charge in [-0.1, -0.05) is 13.8 Å². The predicted molar refractivity (Wildman–Crippen MR) is 68.5 cm³/mol. The van der Waals surface area contributed by atoms with Gasteiger partial charge in [0, 0.05) is 25.7 Å². The molecule has 0 aromatic carbocycles. The van der Waals surface area contributed by atoms with Gasteiger partial charge in [0.05, 0.1) is 6.10 Å². The van der Waals surface area contributed by atoms with E-state index in [4.69, 9.17) is 10.5 Å². The summed E-state index contributed by atoms with van der Waals surface area (Å²) in [4.78, 5) is 2.53. The van der Waals surface area contributed by atoms with E-state index < -0.39 is 0 Å². The Morgan fingerprint density at radius 3 is 2.44 bits per heavy atom. The van der Waals surface area contributed by atoms with E-state index in [0.29, 0.717) is 18.1 Å². The van der Waals surface area contributed by atoms with Crippen LogP contribution in [0.5, 0.6) is 0 Å². The topological polar surface area (TPSA) is 38.5 Å². The number of ether oxygens (including phenoxy) is 1. The second-order valence-electron chi connectivity index (χ2n) is 5.19. The van der Waals surface area contributed by atoms with E-state index in [9.17, 15) is 0 Å². The molecule has 0 spiro atoms. The first-order valence-electron chi connectivity index (χ1n) is 6.73. The Labute approximate surface area is 100 Å². The molecule has 1 heterocycles. The van der Waals surface area contributed by atoms with Gasteiger partial charge in [-0.05, 0) is 38.6 Å². The summed E-state index contributed by atoms with van der Waals surface area (Å²) >= 11 is 0. The summed E-state index contributed by atoms with van der Waals surface area (Å²) in [6.07, 6.45) is 3.99. The molecular weight excluding hydrogens is 200 g/mol. The van der Waals surface area contributed by atoms with Crippen molar-refractivity contribution >= 4 is 0 Å². The minimum atomic E-state index is 0.351. The van der Waals surface area contributed by atoms with E-state index in [1.165, 1.54) is 25.9 Å². The lowest BCUT2D eigenvalue weighted by atomic mass is 10.0. The first kappa shape index (κ1) is 13.9. The van der Waals surface area contributed by atoms with Gasteiger partial charge in [-0.2, -0.15) is 0 Å². The Hall–Kier alpha value is -0.120. The van der Waals surface area contributed by atoms with Gasteiger partial charge in [-0.15, -0.1) is 0 Å². The maximum absolute atomic E-state index is 6.06. The van der Waals surface area contributed by atoms with E-state index in [0.717, 1.165) is 19.6 Å². The van der Waals surface area contributed by atoms with E-state index in [2.05, 4.69) is 25.7 Å². The first-order valence-corrected chi connectivity index (χ1v) is 6.73. The van der Waals surface area contributed by atoms with Crippen molar-refractivity contribution < 1.29 is 4.74 Å². The van der Waals surface area contributed by atoms with Crippen molar-refractivity contribution in [2.75, 3.05) is 26.2 Å². The van der Waals surface area contributed by atoms with Crippen molar-refractivity contribution in [1.82, 2.24) is 4.90 Å². The third-order valence-electron chi connectivity index (χ3n) is 3.57. The van der Waals surface area contributed by atoms with Crippen molar-refractivity contribution in [2.24, 2.45) is 11.7 Å². The molecule has 1 fully saturated rings. The molecule has 0 radical (unpaired) electrons. The fourth-order valence-corrected chi connectivity index (χ4v) is 2.20. The molecule has 16 heavy (non-hydrogen) atoms. The van der Waals surface area contributed by atoms with Crippen LogP contribution in [0.15, 0.2) is 0 Å². The number of hydrogen-bond donors (Lipinski definition) is 1. The molecule has 0 bridgehead atoms. The van der Waals surface area contributed by atoms with E-state index in [1.807, 2.05) is 0 Å². The minimum Gasteiger partial charge on any atom is -0.378 e. The lowest BCUT2D eigenvalue weighted by Gasteiger charge is -2.32. The maximum atomic E-state index is 6.06. The molecule has 1 saturated heterocycles. The lowest BCUT2D eigenvalue weighted by Crippen LogP contribution is -2.40. The largest absolute Gasteiger partial charge is 0.378 e. The van der Waals surface area contributed by atoms with E-state index >= 15 is 0 Å². The van der Waals surface area contributed by atoms with Crippen LogP contribution in [0.3, 0.4) is 0 Å². The van der Waals surface area contributed by atoms with Crippen LogP contribution in [-0.2, 0) is 4.74 Å². The van der Waals surface area contributed by atoms with Crippen molar-refractivity contribution in [2.45, 2.75) is 52.2 Å². The molecule has 3 heteroatoms. The van der Waals surface area contributed by atoms with E-state index in [-0.39, 0.29) is 0 Å². The van der Waals surface area contributed by atoms with Crippen molar-refractivity contribution in [3.63, 3.8) is 0 Å². The zero-order valence-corrected chi connectivity index (χ0v) is 11.1. The van der Waals surface area contributed by atoms with Crippen LogP contribution in [0, 0.1) is 5.92 Å². The lowest BCUT2D eigenvalue weighted by molar-refractivity contribution is 0.0136. The van der Waals surface area contributed by atoms with Crippen LogP contribution in [-0.4, -0.2) is 43.3 Å². The molecular formula is C13H28N2O. The zero-order valence-electron chi connectivity index (χ0n) is 11.1. The van der Waals surface area contributed by atoms with E-state index in [1.54, 1.807) is 0 Å². The quantitative estimate of drug-likeness (QED) is 0.754. The molecule has 0 aromatic heterocycles. The summed E-state index contributed by atoms with van der Waals surface area (Å²) < 4.78 is 5.64. The monoisotopic (exact) mass is 228 g/mol. The summed E-state index contributed by atoms with van der Waals surface area (Å²) in [6, 6.07) is 0.351. The van der Waals surface area contributed by atoms with Crippen LogP contribution < -0.4 is 5.73 Å². The van der Waals surface area contributed by atoms with Gasteiger partial charge in [0.25, 0.3) is 0 Å². The summed E-state index contributed by atoms with van der Waals surface area (Å²) in [7, 11) is 0. The molecule has 96 valence electrons. The summed E-state index contributed by atoms with van der Waals surface area (Å²) in [5, 5.41) is 0. The number of rotatable bonds is 6. The Morgan fingerprint density at radius 2 is 1.94 bits per heavy atom. The molecule has 1 unspecified atom stereocenters. The molecule has 0 aliphatic carbocycles. The predicted octanol–water partition coefficient (Wildman–Crippen LogP) is 1.86. The molecule has 1 atom stereocenters. The molecule has 0 amide bonds. The van der Waals surface area contributed by atoms with Crippen LogP contribution in [0.2, 0.25) is 0 Å². The summed E-state index contributed by atoms with van der Waals surface area (Å²) in [5.74, 6) is 0.598. The summed E-state index contributed by atoms with van der Waals surface area (Å²) in [6.45, 7) is 10.8. The molecule has 0 aromatic rings. The number of likely N-dealkylation sites (tertiary alicyclic amines) is 1. The van der Waals surface area contributed by atoms with Crippen molar-refractivity contribution in [3.8, 4) is 0 Å². The molecule has 3 nitrogen and oxygen atoms in total. The van der Waals surface area contributed by atoms with Gasteiger partial charge in [0.2, 0.25) is 0 Å². The maximum Gasteiger partial charge on any atom is 0.0599 e. The molecule has 1 rings (SSSR count). The number of hydrogen-bond acceptors (Lipinski definition) is 3. The highest BCUT2D eigenvalue weighted by molar-refractivity contribution is 4.74. The number of nitrogens with two attached hydrogens (primary N) is 1. The second-order valence-corrected chi connectivity index (χ2v) is 5.19. The smallest absolute Gasteiger partial charge is 0.0599 e. The van der Waals surface area contributed by atoms with Gasteiger partial charge < -0.3 is 15.4 Å². The normalized spacial score (nSPS) is 21.6. The minimum absolute atomic E-state index is 0.351. The summed E-state index contributed by atoms with van der Waals surface area (Å²) in [5.41, 5.74) is 6.06. The van der Waals surface area contributed by atoms with Gasteiger partial charge in [0.1, 0.15) is 0 Å². The zero-order chi connectivity index (χ0) is 12.0. The number of piperidine rings is 1. The Kier molecular flexibility index (Phi) is 6.32. The Morgan fingerprint density at radius 1 is 1.31 bits per heavy atom. The first-order chi connectivity index (χ1) is 7.63. The molecule has 0 saturated carbocycles. The SMILES string of the molecule is CCOC1CCN(CCC(N)C(C)C)CC1. The second kappa shape index (κ2) is 7.25.